The van der Waals surface area contributed by atoms with Gasteiger partial charge in [0.1, 0.15) is 11.6 Å². The number of rotatable bonds is 2. The molecule has 2 amide bonds. The summed E-state index contributed by atoms with van der Waals surface area (Å²) in [5, 5.41) is 11.8. The molecule has 2 rings (SSSR count). The molecule has 130 valence electrons. The van der Waals surface area contributed by atoms with E-state index in [1.54, 1.807) is 9.80 Å². The molecular weight excluding hydrogens is 302 g/mol. The molecule has 0 saturated carbocycles. The molecule has 0 unspecified atom stereocenters. The smallest absolute Gasteiger partial charge is 0.410 e. The summed E-state index contributed by atoms with van der Waals surface area (Å²) in [6.07, 6.45) is 0.626. The van der Waals surface area contributed by atoms with Gasteiger partial charge in [-0.15, -0.1) is 0 Å². The fourth-order valence-electron chi connectivity index (χ4n) is 2.79. The Balaban J connectivity index is 1.81. The van der Waals surface area contributed by atoms with Crippen molar-refractivity contribution in [1.29, 1.82) is 0 Å². The highest BCUT2D eigenvalue weighted by atomic mass is 16.6. The third-order valence-corrected chi connectivity index (χ3v) is 3.99. The lowest BCUT2D eigenvalue weighted by Gasteiger charge is -2.36. The van der Waals surface area contributed by atoms with Crippen molar-refractivity contribution in [3.05, 3.63) is 0 Å². The second-order valence-corrected chi connectivity index (χ2v) is 6.98. The van der Waals surface area contributed by atoms with Gasteiger partial charge in [0.05, 0.1) is 6.04 Å². The fraction of sp³-hybridized carbons (Fsp3) is 0.800. The highest BCUT2D eigenvalue weighted by Gasteiger charge is 2.36. The number of hydrogen-bond donors (Lipinski definition) is 2. The van der Waals surface area contributed by atoms with E-state index in [1.807, 2.05) is 20.8 Å². The zero-order chi connectivity index (χ0) is 17.2. The molecule has 0 aromatic rings. The van der Waals surface area contributed by atoms with E-state index in [0.717, 1.165) is 0 Å². The molecule has 0 aromatic carbocycles. The van der Waals surface area contributed by atoms with Crippen LogP contribution in [0.2, 0.25) is 0 Å². The second kappa shape index (κ2) is 6.74. The van der Waals surface area contributed by atoms with Crippen LogP contribution in [0.25, 0.3) is 0 Å². The Morgan fingerprint density at radius 1 is 1.00 bits per heavy atom. The van der Waals surface area contributed by atoms with Crippen LogP contribution in [0.15, 0.2) is 0 Å². The van der Waals surface area contributed by atoms with Crippen molar-refractivity contribution in [2.75, 3.05) is 26.2 Å². The Kier molecular flexibility index (Phi) is 5.13. The Morgan fingerprint density at radius 2 is 1.52 bits per heavy atom. The minimum Gasteiger partial charge on any atom is -0.480 e. The Morgan fingerprint density at radius 3 is 2.00 bits per heavy atom. The van der Waals surface area contributed by atoms with Gasteiger partial charge >= 0.3 is 12.1 Å². The summed E-state index contributed by atoms with van der Waals surface area (Å²) < 4.78 is 5.32. The average molecular weight is 327 g/mol. The molecule has 2 aliphatic rings. The summed E-state index contributed by atoms with van der Waals surface area (Å²) in [5.41, 5.74) is -0.538. The van der Waals surface area contributed by atoms with Crippen LogP contribution in [0.4, 0.5) is 4.79 Å². The Hall–Kier alpha value is -1.83. The lowest BCUT2D eigenvalue weighted by Crippen LogP contribution is -2.55. The third kappa shape index (κ3) is 4.57. The zero-order valence-corrected chi connectivity index (χ0v) is 13.9. The molecule has 0 aliphatic carbocycles. The fourth-order valence-corrected chi connectivity index (χ4v) is 2.79. The summed E-state index contributed by atoms with van der Waals surface area (Å²) in [4.78, 5) is 38.6. The first-order valence-corrected chi connectivity index (χ1v) is 7.93. The van der Waals surface area contributed by atoms with Crippen molar-refractivity contribution in [3.63, 3.8) is 0 Å². The van der Waals surface area contributed by atoms with Gasteiger partial charge in [-0.25, -0.2) is 4.79 Å². The standard InChI is InChI=1S/C15H25N3O5/c1-15(2,3)23-14(22)18-8-6-17(7-9-18)12(19)10-4-5-11(16-10)13(20)21/h10-11,16H,4-9H2,1-3H3,(H,20,21)/t10-,11-/m1/s1. The molecule has 2 fully saturated rings. The van der Waals surface area contributed by atoms with Gasteiger partial charge in [0, 0.05) is 26.2 Å². The minimum absolute atomic E-state index is 0.0856. The van der Waals surface area contributed by atoms with E-state index in [9.17, 15) is 14.4 Å². The molecule has 2 aliphatic heterocycles. The van der Waals surface area contributed by atoms with E-state index in [4.69, 9.17) is 9.84 Å². The molecule has 0 spiro atoms. The zero-order valence-electron chi connectivity index (χ0n) is 13.9. The minimum atomic E-state index is -0.921. The number of carboxylic acid groups (broad SMARTS) is 1. The molecule has 0 aromatic heterocycles. The van der Waals surface area contributed by atoms with Gasteiger partial charge in [-0.05, 0) is 33.6 Å². The molecule has 23 heavy (non-hydrogen) atoms. The van der Waals surface area contributed by atoms with Crippen molar-refractivity contribution in [3.8, 4) is 0 Å². The lowest BCUT2D eigenvalue weighted by atomic mass is 10.1. The van der Waals surface area contributed by atoms with Crippen LogP contribution in [-0.2, 0) is 14.3 Å². The summed E-state index contributed by atoms with van der Waals surface area (Å²) in [7, 11) is 0. The maximum Gasteiger partial charge on any atom is 0.410 e. The van der Waals surface area contributed by atoms with Gasteiger partial charge in [0.2, 0.25) is 5.91 Å². The summed E-state index contributed by atoms with van der Waals surface area (Å²) in [6, 6.07) is -1.09. The third-order valence-electron chi connectivity index (χ3n) is 3.99. The SMILES string of the molecule is CC(C)(C)OC(=O)N1CCN(C(=O)[C@H]2CC[C@H](C(=O)O)N2)CC1. The highest BCUT2D eigenvalue weighted by Crippen LogP contribution is 2.17. The largest absolute Gasteiger partial charge is 0.480 e. The maximum atomic E-state index is 12.4. The van der Waals surface area contributed by atoms with E-state index < -0.39 is 23.7 Å². The number of nitrogens with zero attached hydrogens (tertiary/aromatic N) is 2. The molecule has 0 bridgehead atoms. The molecule has 2 N–H and O–H groups in total. The van der Waals surface area contributed by atoms with E-state index in [1.165, 1.54) is 0 Å². The van der Waals surface area contributed by atoms with Crippen molar-refractivity contribution in [1.82, 2.24) is 15.1 Å². The van der Waals surface area contributed by atoms with Crippen LogP contribution in [0.1, 0.15) is 33.6 Å². The molecule has 2 heterocycles. The summed E-state index contributed by atoms with van der Waals surface area (Å²) in [6.45, 7) is 7.17. The average Bonchev–Trinajstić information content (AvgIpc) is 2.95. The number of piperazine rings is 1. The lowest BCUT2D eigenvalue weighted by molar-refractivity contribution is -0.139. The molecule has 2 saturated heterocycles. The number of aliphatic carboxylic acids is 1. The van der Waals surface area contributed by atoms with Crippen LogP contribution in [0.5, 0.6) is 0 Å². The summed E-state index contributed by atoms with van der Waals surface area (Å²) >= 11 is 0. The Bertz CT molecular complexity index is 480. The number of amides is 2. The molecule has 8 heteroatoms. The van der Waals surface area contributed by atoms with Crippen LogP contribution in [-0.4, -0.2) is 76.7 Å². The molecule has 0 radical (unpaired) electrons. The first kappa shape index (κ1) is 17.5. The van der Waals surface area contributed by atoms with E-state index in [-0.39, 0.29) is 12.0 Å². The van der Waals surface area contributed by atoms with Crippen molar-refractivity contribution >= 4 is 18.0 Å². The van der Waals surface area contributed by atoms with E-state index in [0.29, 0.717) is 39.0 Å². The normalized spacial score (nSPS) is 25.3. The summed E-state index contributed by atoms with van der Waals surface area (Å²) in [5.74, 6) is -1.01. The van der Waals surface area contributed by atoms with Crippen molar-refractivity contribution in [2.24, 2.45) is 0 Å². The quantitative estimate of drug-likeness (QED) is 0.755. The molecule has 8 nitrogen and oxygen atoms in total. The van der Waals surface area contributed by atoms with E-state index in [2.05, 4.69) is 5.32 Å². The number of carbonyl (C=O) groups excluding carboxylic acids is 2. The van der Waals surface area contributed by atoms with Gasteiger partial charge < -0.3 is 19.6 Å². The molecule has 2 atom stereocenters. The number of nitrogens with one attached hydrogen (secondary N) is 1. The predicted molar refractivity (Wildman–Crippen MR) is 82.0 cm³/mol. The molecular formula is C15H25N3O5. The van der Waals surface area contributed by atoms with Crippen molar-refractivity contribution < 1.29 is 24.2 Å². The predicted octanol–water partition coefficient (Wildman–Crippen LogP) is 0.271. The maximum absolute atomic E-state index is 12.4. The van der Waals surface area contributed by atoms with Gasteiger partial charge in [-0.3, -0.25) is 14.9 Å². The number of carboxylic acids is 1. The number of hydrogen-bond acceptors (Lipinski definition) is 5. The van der Waals surface area contributed by atoms with Gasteiger partial charge in [-0.1, -0.05) is 0 Å². The first-order valence-electron chi connectivity index (χ1n) is 7.93. The highest BCUT2D eigenvalue weighted by molar-refractivity contribution is 5.84. The second-order valence-electron chi connectivity index (χ2n) is 6.98. The van der Waals surface area contributed by atoms with Gasteiger partial charge in [-0.2, -0.15) is 0 Å². The monoisotopic (exact) mass is 327 g/mol. The van der Waals surface area contributed by atoms with Gasteiger partial charge in [0.15, 0.2) is 0 Å². The number of ether oxygens (including phenoxy) is 1. The van der Waals surface area contributed by atoms with Crippen molar-refractivity contribution in [2.45, 2.75) is 51.3 Å². The van der Waals surface area contributed by atoms with Gasteiger partial charge in [0.25, 0.3) is 0 Å². The van der Waals surface area contributed by atoms with Crippen LogP contribution < -0.4 is 5.32 Å². The number of carbonyl (C=O) groups is 3. The van der Waals surface area contributed by atoms with E-state index >= 15 is 0 Å². The van der Waals surface area contributed by atoms with Crippen LogP contribution in [0.3, 0.4) is 0 Å². The van der Waals surface area contributed by atoms with Crippen LogP contribution in [0, 0.1) is 0 Å². The topological polar surface area (TPSA) is 99.2 Å². The first-order chi connectivity index (χ1) is 10.7. The Labute approximate surface area is 135 Å². The van der Waals surface area contributed by atoms with Crippen LogP contribution >= 0.6 is 0 Å².